The lowest BCUT2D eigenvalue weighted by Gasteiger charge is -2.15. The van der Waals surface area contributed by atoms with Crippen LogP contribution >= 0.6 is 0 Å². The molecule has 0 aromatic rings. The van der Waals surface area contributed by atoms with Gasteiger partial charge in [0.2, 0.25) is 0 Å². The highest BCUT2D eigenvalue weighted by Gasteiger charge is 2.23. The molecule has 1 rings (SSSR count). The van der Waals surface area contributed by atoms with Crippen molar-refractivity contribution in [3.63, 3.8) is 0 Å². The highest BCUT2D eigenvalue weighted by Crippen LogP contribution is 2.21. The van der Waals surface area contributed by atoms with E-state index in [9.17, 15) is 9.90 Å². The highest BCUT2D eigenvalue weighted by molar-refractivity contribution is 6.23. The van der Waals surface area contributed by atoms with E-state index >= 15 is 0 Å². The molecule has 0 radical (unpaired) electrons. The summed E-state index contributed by atoms with van der Waals surface area (Å²) in [4.78, 5) is 11.5. The zero-order chi connectivity index (χ0) is 10.6. The first-order valence-corrected chi connectivity index (χ1v) is 5.20. The fourth-order valence-corrected chi connectivity index (χ4v) is 1.65. The minimum Gasteiger partial charge on any atom is -0.511 e. The molecule has 0 saturated heterocycles. The molecule has 78 valence electrons. The molecule has 1 aliphatic rings. The molecule has 1 fully saturated rings. The monoisotopic (exact) mass is 195 g/mol. The van der Waals surface area contributed by atoms with E-state index in [0.717, 1.165) is 19.3 Å². The van der Waals surface area contributed by atoms with Crippen LogP contribution in [-0.4, -0.2) is 16.6 Å². The van der Waals surface area contributed by atoms with Crippen molar-refractivity contribution < 1.29 is 9.90 Å². The molecular weight excluding hydrogens is 178 g/mol. The van der Waals surface area contributed by atoms with Gasteiger partial charge in [-0.15, -0.1) is 0 Å². The third-order valence-electron chi connectivity index (χ3n) is 2.47. The van der Waals surface area contributed by atoms with Crippen LogP contribution in [0.25, 0.3) is 0 Å². The number of unbranched alkanes of at least 4 members (excludes halogenated alkanes) is 1. The van der Waals surface area contributed by atoms with Crippen molar-refractivity contribution >= 4 is 11.5 Å². The van der Waals surface area contributed by atoms with Gasteiger partial charge in [-0.05, 0) is 19.3 Å². The number of carbonyl (C=O) groups excluding carboxylic acids is 1. The predicted molar refractivity (Wildman–Crippen MR) is 55.8 cm³/mol. The molecule has 0 amide bonds. The molecular formula is C11H17NO2. The molecule has 2 N–H and O–H groups in total. The summed E-state index contributed by atoms with van der Waals surface area (Å²) < 4.78 is 0. The van der Waals surface area contributed by atoms with Crippen LogP contribution in [0.4, 0.5) is 0 Å². The first kappa shape index (κ1) is 11.0. The average Bonchev–Trinajstić information content (AvgIpc) is 2.14. The van der Waals surface area contributed by atoms with Crippen molar-refractivity contribution in [2.75, 3.05) is 0 Å². The number of hydrogen-bond donors (Lipinski definition) is 2. The SMILES string of the molecule is CCCC/C(O)=C1/C(=N)CCCC1=O. The number of aliphatic hydroxyl groups excluding tert-OH is 1. The van der Waals surface area contributed by atoms with Crippen LogP contribution < -0.4 is 0 Å². The summed E-state index contributed by atoms with van der Waals surface area (Å²) in [6, 6.07) is 0. The Morgan fingerprint density at radius 1 is 1.50 bits per heavy atom. The summed E-state index contributed by atoms with van der Waals surface area (Å²) in [5.74, 6) is 0.0661. The lowest BCUT2D eigenvalue weighted by molar-refractivity contribution is -0.115. The molecule has 1 aliphatic carbocycles. The highest BCUT2D eigenvalue weighted by atomic mass is 16.3. The van der Waals surface area contributed by atoms with Crippen LogP contribution in [0.15, 0.2) is 11.3 Å². The van der Waals surface area contributed by atoms with Gasteiger partial charge >= 0.3 is 0 Å². The zero-order valence-electron chi connectivity index (χ0n) is 8.60. The Kier molecular flexibility index (Phi) is 3.86. The lowest BCUT2D eigenvalue weighted by atomic mass is 9.90. The number of aliphatic hydroxyl groups is 1. The van der Waals surface area contributed by atoms with Crippen LogP contribution in [0, 0.1) is 5.41 Å². The number of nitrogens with one attached hydrogen (secondary N) is 1. The van der Waals surface area contributed by atoms with Crippen molar-refractivity contribution in [2.45, 2.75) is 45.4 Å². The number of allylic oxidation sites excluding steroid dienone is 2. The van der Waals surface area contributed by atoms with Crippen LogP contribution in [0.2, 0.25) is 0 Å². The van der Waals surface area contributed by atoms with E-state index in [2.05, 4.69) is 0 Å². The largest absolute Gasteiger partial charge is 0.511 e. The number of Topliss-reactive ketones (excluding diaryl/α,β-unsaturated/α-hetero) is 1. The van der Waals surface area contributed by atoms with Gasteiger partial charge in [0.05, 0.1) is 5.57 Å². The van der Waals surface area contributed by atoms with Crippen LogP contribution in [0.3, 0.4) is 0 Å². The zero-order valence-corrected chi connectivity index (χ0v) is 8.60. The summed E-state index contributed by atoms with van der Waals surface area (Å²) in [5.41, 5.74) is 0.611. The maximum absolute atomic E-state index is 11.5. The predicted octanol–water partition coefficient (Wildman–Crippen LogP) is 2.76. The van der Waals surface area contributed by atoms with E-state index in [-0.39, 0.29) is 11.5 Å². The quantitative estimate of drug-likeness (QED) is 0.537. The molecule has 0 unspecified atom stereocenters. The number of rotatable bonds is 3. The Morgan fingerprint density at radius 3 is 2.79 bits per heavy atom. The number of carbonyl (C=O) groups is 1. The van der Waals surface area contributed by atoms with Crippen molar-refractivity contribution in [3.8, 4) is 0 Å². The van der Waals surface area contributed by atoms with Gasteiger partial charge < -0.3 is 10.5 Å². The van der Waals surface area contributed by atoms with Crippen molar-refractivity contribution in [1.29, 1.82) is 5.41 Å². The molecule has 0 atom stereocenters. The van der Waals surface area contributed by atoms with Gasteiger partial charge in [-0.1, -0.05) is 13.3 Å². The topological polar surface area (TPSA) is 61.1 Å². The lowest BCUT2D eigenvalue weighted by Crippen LogP contribution is -2.20. The molecule has 14 heavy (non-hydrogen) atoms. The molecule has 1 saturated carbocycles. The normalized spacial score (nSPS) is 21.2. The van der Waals surface area contributed by atoms with Crippen molar-refractivity contribution in [3.05, 3.63) is 11.3 Å². The van der Waals surface area contributed by atoms with Gasteiger partial charge in [0.1, 0.15) is 5.76 Å². The molecule has 0 aromatic carbocycles. The van der Waals surface area contributed by atoms with Gasteiger partial charge in [-0.3, -0.25) is 4.79 Å². The maximum atomic E-state index is 11.5. The molecule has 0 heterocycles. The van der Waals surface area contributed by atoms with Crippen LogP contribution in [0.5, 0.6) is 0 Å². The maximum Gasteiger partial charge on any atom is 0.168 e. The summed E-state index contributed by atoms with van der Waals surface area (Å²) in [6.45, 7) is 2.03. The minimum absolute atomic E-state index is 0.0603. The standard InChI is InChI=1S/C11H17NO2/c1-2-3-6-9(13)11-8(12)5-4-7-10(11)14/h12-13H,2-7H2,1H3/b11-9+,12-8?. The van der Waals surface area contributed by atoms with Gasteiger partial charge in [0, 0.05) is 18.6 Å². The smallest absolute Gasteiger partial charge is 0.168 e. The fourth-order valence-electron chi connectivity index (χ4n) is 1.65. The first-order valence-electron chi connectivity index (χ1n) is 5.20. The number of ketones is 1. The van der Waals surface area contributed by atoms with Crippen LogP contribution in [-0.2, 0) is 4.79 Å². The second-order valence-electron chi connectivity index (χ2n) is 3.68. The third-order valence-corrected chi connectivity index (χ3v) is 2.47. The molecule has 0 spiro atoms. The fraction of sp³-hybridized carbons (Fsp3) is 0.636. The summed E-state index contributed by atoms with van der Waals surface area (Å²) in [7, 11) is 0. The molecule has 0 aliphatic heterocycles. The molecule has 0 aromatic heterocycles. The van der Waals surface area contributed by atoms with E-state index in [1.807, 2.05) is 6.92 Å². The Bertz CT molecular complexity index is 261. The van der Waals surface area contributed by atoms with E-state index < -0.39 is 0 Å². The summed E-state index contributed by atoms with van der Waals surface area (Å²) >= 11 is 0. The summed E-state index contributed by atoms with van der Waals surface area (Å²) in [6.07, 6.45) is 4.24. The van der Waals surface area contributed by atoms with Crippen LogP contribution in [0.1, 0.15) is 45.4 Å². The summed E-state index contributed by atoms with van der Waals surface area (Å²) in [5, 5.41) is 17.3. The van der Waals surface area contributed by atoms with E-state index in [0.29, 0.717) is 30.5 Å². The Labute approximate surface area is 84.3 Å². The van der Waals surface area contributed by atoms with Crippen molar-refractivity contribution in [2.24, 2.45) is 0 Å². The molecule has 3 nitrogen and oxygen atoms in total. The second-order valence-corrected chi connectivity index (χ2v) is 3.68. The van der Waals surface area contributed by atoms with Gasteiger partial charge in [-0.2, -0.15) is 0 Å². The van der Waals surface area contributed by atoms with E-state index in [1.165, 1.54) is 0 Å². The number of hydrogen-bond acceptors (Lipinski definition) is 3. The van der Waals surface area contributed by atoms with Gasteiger partial charge in [-0.25, -0.2) is 0 Å². The molecule has 3 heteroatoms. The van der Waals surface area contributed by atoms with Crippen molar-refractivity contribution in [1.82, 2.24) is 0 Å². The molecule has 0 bridgehead atoms. The van der Waals surface area contributed by atoms with E-state index in [1.54, 1.807) is 0 Å². The van der Waals surface area contributed by atoms with E-state index in [4.69, 9.17) is 5.41 Å². The first-order chi connectivity index (χ1) is 6.66. The Balaban J connectivity index is 2.79. The Morgan fingerprint density at radius 2 is 2.21 bits per heavy atom. The Hall–Kier alpha value is -1.12. The third kappa shape index (κ3) is 2.44. The average molecular weight is 195 g/mol. The van der Waals surface area contributed by atoms with Gasteiger partial charge in [0.25, 0.3) is 0 Å². The minimum atomic E-state index is -0.0603. The van der Waals surface area contributed by atoms with Gasteiger partial charge in [0.15, 0.2) is 5.78 Å². The second kappa shape index (κ2) is 4.94.